The highest BCUT2D eigenvalue weighted by Crippen LogP contribution is 2.24. The van der Waals surface area contributed by atoms with Crippen molar-refractivity contribution in [3.63, 3.8) is 0 Å². The molecule has 1 aromatic heterocycles. The van der Waals surface area contributed by atoms with Crippen LogP contribution >= 0.6 is 12.4 Å². The maximum Gasteiger partial charge on any atom is 0.144 e. The number of likely N-dealkylation sites (tertiary alicyclic amines) is 1. The second-order valence-corrected chi connectivity index (χ2v) is 6.18. The van der Waals surface area contributed by atoms with Gasteiger partial charge in [0.05, 0.1) is 12.8 Å². The number of para-hydroxylation sites is 2. The molecule has 24 heavy (non-hydrogen) atoms. The van der Waals surface area contributed by atoms with Gasteiger partial charge in [0.25, 0.3) is 0 Å². The third-order valence-corrected chi connectivity index (χ3v) is 4.62. The number of halogens is 1. The topological polar surface area (TPSA) is 42.3 Å². The minimum Gasteiger partial charge on any atom is -0.494 e. The Bertz CT molecular complexity index is 623. The lowest BCUT2D eigenvalue weighted by molar-refractivity contribution is 0.174. The van der Waals surface area contributed by atoms with Gasteiger partial charge in [-0.25, -0.2) is 4.68 Å². The molecule has 2 aromatic rings. The number of piperidine rings is 1. The summed E-state index contributed by atoms with van der Waals surface area (Å²) in [6.07, 6.45) is 4.41. The molecule has 1 aromatic carbocycles. The first-order valence-corrected chi connectivity index (χ1v) is 8.35. The van der Waals surface area contributed by atoms with Crippen molar-refractivity contribution in [3.8, 4) is 11.4 Å². The Morgan fingerprint density at radius 2 is 1.96 bits per heavy atom. The molecule has 2 heterocycles. The second kappa shape index (κ2) is 9.06. The molecule has 1 N–H and O–H groups in total. The lowest BCUT2D eigenvalue weighted by Crippen LogP contribution is -2.36. The fraction of sp³-hybridized carbons (Fsp3) is 0.500. The van der Waals surface area contributed by atoms with Crippen molar-refractivity contribution in [1.29, 1.82) is 0 Å². The van der Waals surface area contributed by atoms with Crippen LogP contribution in [-0.2, 0) is 6.54 Å². The van der Waals surface area contributed by atoms with E-state index in [0.717, 1.165) is 43.5 Å². The van der Waals surface area contributed by atoms with Gasteiger partial charge in [-0.1, -0.05) is 12.1 Å². The van der Waals surface area contributed by atoms with E-state index in [-0.39, 0.29) is 12.4 Å². The number of ether oxygens (including phenoxy) is 1. The molecule has 132 valence electrons. The third-order valence-electron chi connectivity index (χ3n) is 4.62. The molecule has 1 saturated heterocycles. The Hall–Kier alpha value is -1.56. The normalized spacial score (nSPS) is 15.9. The number of hydrogen-bond donors (Lipinski definition) is 1. The minimum absolute atomic E-state index is 0. The van der Waals surface area contributed by atoms with E-state index in [4.69, 9.17) is 4.74 Å². The highest BCUT2D eigenvalue weighted by Gasteiger charge is 2.20. The smallest absolute Gasteiger partial charge is 0.144 e. The van der Waals surface area contributed by atoms with Crippen molar-refractivity contribution in [1.82, 2.24) is 20.0 Å². The summed E-state index contributed by atoms with van der Waals surface area (Å²) < 4.78 is 7.47. The minimum atomic E-state index is 0. The van der Waals surface area contributed by atoms with Crippen molar-refractivity contribution in [2.75, 3.05) is 33.8 Å². The van der Waals surface area contributed by atoms with Crippen LogP contribution in [0.5, 0.6) is 5.75 Å². The molecule has 1 aliphatic heterocycles. The monoisotopic (exact) mass is 350 g/mol. The van der Waals surface area contributed by atoms with E-state index in [2.05, 4.69) is 27.4 Å². The van der Waals surface area contributed by atoms with E-state index in [1.807, 2.05) is 36.1 Å². The molecule has 0 atom stereocenters. The van der Waals surface area contributed by atoms with Crippen LogP contribution in [0, 0.1) is 5.92 Å². The van der Waals surface area contributed by atoms with Crippen molar-refractivity contribution in [2.45, 2.75) is 19.4 Å². The van der Waals surface area contributed by atoms with Crippen molar-refractivity contribution in [2.24, 2.45) is 5.92 Å². The van der Waals surface area contributed by atoms with E-state index in [1.54, 1.807) is 7.11 Å². The van der Waals surface area contributed by atoms with Crippen LogP contribution < -0.4 is 10.1 Å². The number of nitrogens with one attached hydrogen (secondary N) is 1. The first-order valence-electron chi connectivity index (χ1n) is 8.35. The zero-order chi connectivity index (χ0) is 16.1. The van der Waals surface area contributed by atoms with Gasteiger partial charge in [-0.2, -0.15) is 5.10 Å². The second-order valence-electron chi connectivity index (χ2n) is 6.18. The van der Waals surface area contributed by atoms with Gasteiger partial charge in [0.2, 0.25) is 0 Å². The first kappa shape index (κ1) is 18.8. The molecular formula is C18H27ClN4O. The molecule has 0 saturated carbocycles. The first-order chi connectivity index (χ1) is 11.3. The molecule has 5 nitrogen and oxygen atoms in total. The predicted molar refractivity (Wildman–Crippen MR) is 99.3 cm³/mol. The number of nitrogens with zero attached hydrogens (tertiary/aromatic N) is 3. The lowest BCUT2D eigenvalue weighted by atomic mass is 9.97. The van der Waals surface area contributed by atoms with Gasteiger partial charge in [-0.05, 0) is 63.6 Å². The Labute approximate surface area is 150 Å². The molecule has 0 bridgehead atoms. The van der Waals surface area contributed by atoms with E-state index < -0.39 is 0 Å². The van der Waals surface area contributed by atoms with Crippen LogP contribution in [0.15, 0.2) is 36.5 Å². The maximum absolute atomic E-state index is 5.47. The van der Waals surface area contributed by atoms with Crippen molar-refractivity contribution >= 4 is 12.4 Å². The summed E-state index contributed by atoms with van der Waals surface area (Å²) in [5.74, 6) is 1.67. The summed E-state index contributed by atoms with van der Waals surface area (Å²) in [4.78, 5) is 2.52. The van der Waals surface area contributed by atoms with E-state index in [9.17, 15) is 0 Å². The highest BCUT2D eigenvalue weighted by atomic mass is 35.5. The van der Waals surface area contributed by atoms with Crippen LogP contribution in [0.4, 0.5) is 0 Å². The van der Waals surface area contributed by atoms with Gasteiger partial charge in [0.15, 0.2) is 0 Å². The standard InChI is InChI=1S/C18H26N4O.ClH/c1-19-13-15-8-11-21(12-9-15)14-16-7-10-20-22(16)17-5-3-4-6-18(17)23-2;/h3-7,10,15,19H,8-9,11-14H2,1-2H3;1H. The summed E-state index contributed by atoms with van der Waals surface area (Å²) in [7, 11) is 3.74. The van der Waals surface area contributed by atoms with Crippen molar-refractivity contribution in [3.05, 3.63) is 42.2 Å². The van der Waals surface area contributed by atoms with Gasteiger partial charge in [0, 0.05) is 12.7 Å². The quantitative estimate of drug-likeness (QED) is 0.869. The molecule has 0 unspecified atom stereocenters. The van der Waals surface area contributed by atoms with Crippen LogP contribution in [-0.4, -0.2) is 48.5 Å². The van der Waals surface area contributed by atoms with E-state index >= 15 is 0 Å². The molecule has 3 rings (SSSR count). The summed E-state index contributed by atoms with van der Waals surface area (Å²) >= 11 is 0. The van der Waals surface area contributed by atoms with Crippen LogP contribution in [0.1, 0.15) is 18.5 Å². The molecule has 6 heteroatoms. The fourth-order valence-electron chi connectivity index (χ4n) is 3.34. The molecule has 0 aliphatic carbocycles. The molecule has 1 fully saturated rings. The Balaban J connectivity index is 0.00000208. The molecule has 0 spiro atoms. The Kier molecular flexibility index (Phi) is 7.09. The molecule has 1 aliphatic rings. The zero-order valence-electron chi connectivity index (χ0n) is 14.4. The summed E-state index contributed by atoms with van der Waals surface area (Å²) in [5, 5.41) is 7.80. The maximum atomic E-state index is 5.47. The van der Waals surface area contributed by atoms with Crippen LogP contribution in [0.2, 0.25) is 0 Å². The average molecular weight is 351 g/mol. The van der Waals surface area contributed by atoms with Gasteiger partial charge < -0.3 is 10.1 Å². The fourth-order valence-corrected chi connectivity index (χ4v) is 3.34. The van der Waals surface area contributed by atoms with Gasteiger partial charge in [0.1, 0.15) is 11.4 Å². The zero-order valence-corrected chi connectivity index (χ0v) is 15.3. The number of benzene rings is 1. The molecule has 0 radical (unpaired) electrons. The largest absolute Gasteiger partial charge is 0.494 e. The van der Waals surface area contributed by atoms with Gasteiger partial charge in [-0.3, -0.25) is 4.90 Å². The van der Waals surface area contributed by atoms with Crippen LogP contribution in [0.25, 0.3) is 5.69 Å². The number of methoxy groups -OCH3 is 1. The predicted octanol–water partition coefficient (Wildman–Crippen LogP) is 2.73. The SMILES string of the molecule is CNCC1CCN(Cc2ccnn2-c2ccccc2OC)CC1.Cl. The van der Waals surface area contributed by atoms with E-state index in [0.29, 0.717) is 0 Å². The number of aromatic nitrogens is 2. The third kappa shape index (κ3) is 4.29. The average Bonchev–Trinajstić information content (AvgIpc) is 3.05. The van der Waals surface area contributed by atoms with Gasteiger partial charge in [-0.15, -0.1) is 12.4 Å². The Morgan fingerprint density at radius 1 is 1.21 bits per heavy atom. The van der Waals surface area contributed by atoms with Crippen LogP contribution in [0.3, 0.4) is 0 Å². The lowest BCUT2D eigenvalue weighted by Gasteiger charge is -2.31. The summed E-state index contributed by atoms with van der Waals surface area (Å²) in [6, 6.07) is 10.1. The molecular weight excluding hydrogens is 324 g/mol. The van der Waals surface area contributed by atoms with Crippen molar-refractivity contribution < 1.29 is 4.74 Å². The number of hydrogen-bond acceptors (Lipinski definition) is 4. The highest BCUT2D eigenvalue weighted by molar-refractivity contribution is 5.85. The number of rotatable bonds is 6. The summed E-state index contributed by atoms with van der Waals surface area (Å²) in [5.41, 5.74) is 2.21. The van der Waals surface area contributed by atoms with Gasteiger partial charge >= 0.3 is 0 Å². The summed E-state index contributed by atoms with van der Waals surface area (Å²) in [6.45, 7) is 4.38. The Morgan fingerprint density at radius 3 is 2.67 bits per heavy atom. The van der Waals surface area contributed by atoms with E-state index in [1.165, 1.54) is 18.5 Å². The molecule has 0 amide bonds.